The zero-order valence-corrected chi connectivity index (χ0v) is 10.6. The summed E-state index contributed by atoms with van der Waals surface area (Å²) in [4.78, 5) is 11.6. The predicted octanol–water partition coefficient (Wildman–Crippen LogP) is 1.90. The molecular weight excluding hydrogens is 216 g/mol. The predicted molar refractivity (Wildman–Crippen MR) is 68.7 cm³/mol. The van der Waals surface area contributed by atoms with E-state index in [4.69, 9.17) is 10.5 Å². The van der Waals surface area contributed by atoms with Gasteiger partial charge < -0.3 is 15.8 Å². The van der Waals surface area contributed by atoms with Crippen LogP contribution in [-0.4, -0.2) is 18.6 Å². The average Bonchev–Trinajstić information content (AvgIpc) is 2.18. The van der Waals surface area contributed by atoms with Gasteiger partial charge in [0.05, 0.1) is 6.61 Å². The number of hydrogen-bond acceptors (Lipinski definition) is 3. The quantitative estimate of drug-likeness (QED) is 0.820. The van der Waals surface area contributed by atoms with Gasteiger partial charge in [-0.15, -0.1) is 0 Å². The van der Waals surface area contributed by atoms with Gasteiger partial charge in [-0.2, -0.15) is 0 Å². The SMILES string of the molecule is COCc1ccc(NC(=O)CC(C)(C)N)cc1. The zero-order chi connectivity index (χ0) is 12.9. The van der Waals surface area contributed by atoms with Gasteiger partial charge in [-0.1, -0.05) is 12.1 Å². The second-order valence-corrected chi connectivity index (χ2v) is 4.84. The lowest BCUT2D eigenvalue weighted by Crippen LogP contribution is -2.36. The monoisotopic (exact) mass is 236 g/mol. The van der Waals surface area contributed by atoms with E-state index in [1.807, 2.05) is 38.1 Å². The van der Waals surface area contributed by atoms with Crippen molar-refractivity contribution >= 4 is 11.6 Å². The third-order valence-corrected chi connectivity index (χ3v) is 2.16. The standard InChI is InChI=1S/C13H20N2O2/c1-13(2,14)8-12(16)15-11-6-4-10(5-7-11)9-17-3/h4-7H,8-9,14H2,1-3H3,(H,15,16). The number of rotatable bonds is 5. The van der Waals surface area contributed by atoms with Crippen molar-refractivity contribution in [2.24, 2.45) is 5.73 Å². The highest BCUT2D eigenvalue weighted by Gasteiger charge is 2.16. The molecule has 1 aromatic rings. The molecule has 0 fully saturated rings. The largest absolute Gasteiger partial charge is 0.380 e. The summed E-state index contributed by atoms with van der Waals surface area (Å²) in [5.41, 5.74) is 7.14. The minimum Gasteiger partial charge on any atom is -0.380 e. The third kappa shape index (κ3) is 5.47. The molecule has 0 unspecified atom stereocenters. The van der Waals surface area contributed by atoms with Gasteiger partial charge in [0.15, 0.2) is 0 Å². The van der Waals surface area contributed by atoms with Crippen molar-refractivity contribution < 1.29 is 9.53 Å². The molecule has 0 radical (unpaired) electrons. The molecular formula is C13H20N2O2. The van der Waals surface area contributed by atoms with E-state index in [-0.39, 0.29) is 5.91 Å². The first-order valence-corrected chi connectivity index (χ1v) is 5.57. The number of methoxy groups -OCH3 is 1. The fourth-order valence-electron chi connectivity index (χ4n) is 1.47. The van der Waals surface area contributed by atoms with Crippen LogP contribution in [0.5, 0.6) is 0 Å². The van der Waals surface area contributed by atoms with Gasteiger partial charge in [0.2, 0.25) is 5.91 Å². The van der Waals surface area contributed by atoms with Crippen molar-refractivity contribution in [3.63, 3.8) is 0 Å². The van der Waals surface area contributed by atoms with Gasteiger partial charge in [0.1, 0.15) is 0 Å². The minimum atomic E-state index is -0.486. The number of nitrogens with one attached hydrogen (secondary N) is 1. The van der Waals surface area contributed by atoms with Crippen molar-refractivity contribution in [2.45, 2.75) is 32.4 Å². The first kappa shape index (κ1) is 13.7. The van der Waals surface area contributed by atoms with Gasteiger partial charge in [-0.3, -0.25) is 4.79 Å². The summed E-state index contributed by atoms with van der Waals surface area (Å²) < 4.78 is 5.01. The summed E-state index contributed by atoms with van der Waals surface area (Å²) >= 11 is 0. The van der Waals surface area contributed by atoms with E-state index in [1.165, 1.54) is 0 Å². The van der Waals surface area contributed by atoms with Crippen molar-refractivity contribution in [3.05, 3.63) is 29.8 Å². The Hall–Kier alpha value is -1.39. The Balaban J connectivity index is 2.54. The lowest BCUT2D eigenvalue weighted by Gasteiger charge is -2.17. The molecule has 0 saturated carbocycles. The molecule has 0 atom stereocenters. The Kier molecular flexibility index (Phi) is 4.66. The number of benzene rings is 1. The highest BCUT2D eigenvalue weighted by Crippen LogP contribution is 2.12. The highest BCUT2D eigenvalue weighted by molar-refractivity contribution is 5.91. The number of carbonyl (C=O) groups excluding carboxylic acids is 1. The Labute approximate surface area is 102 Å². The lowest BCUT2D eigenvalue weighted by molar-refractivity contribution is -0.117. The van der Waals surface area contributed by atoms with Crippen LogP contribution in [0.2, 0.25) is 0 Å². The Morgan fingerprint density at radius 3 is 2.41 bits per heavy atom. The van der Waals surface area contributed by atoms with Crippen LogP contribution in [0.4, 0.5) is 5.69 Å². The summed E-state index contributed by atoms with van der Waals surface area (Å²) in [7, 11) is 1.65. The van der Waals surface area contributed by atoms with E-state index >= 15 is 0 Å². The van der Waals surface area contributed by atoms with Crippen molar-refractivity contribution in [1.29, 1.82) is 0 Å². The number of anilines is 1. The van der Waals surface area contributed by atoms with E-state index in [0.717, 1.165) is 11.3 Å². The molecule has 1 amide bonds. The van der Waals surface area contributed by atoms with Crippen LogP contribution in [0.1, 0.15) is 25.8 Å². The molecule has 17 heavy (non-hydrogen) atoms. The van der Waals surface area contributed by atoms with E-state index < -0.39 is 5.54 Å². The minimum absolute atomic E-state index is 0.0722. The number of ether oxygens (including phenoxy) is 1. The van der Waals surface area contributed by atoms with E-state index in [0.29, 0.717) is 13.0 Å². The van der Waals surface area contributed by atoms with Crippen LogP contribution < -0.4 is 11.1 Å². The van der Waals surface area contributed by atoms with Crippen molar-refractivity contribution in [1.82, 2.24) is 0 Å². The molecule has 0 spiro atoms. The van der Waals surface area contributed by atoms with Crippen molar-refractivity contribution in [3.8, 4) is 0 Å². The molecule has 4 nitrogen and oxygen atoms in total. The topological polar surface area (TPSA) is 64.3 Å². The third-order valence-electron chi connectivity index (χ3n) is 2.16. The Morgan fingerprint density at radius 2 is 1.94 bits per heavy atom. The molecule has 0 saturated heterocycles. The van der Waals surface area contributed by atoms with E-state index in [2.05, 4.69) is 5.32 Å². The Bertz CT molecular complexity index is 366. The maximum atomic E-state index is 11.6. The number of carbonyl (C=O) groups is 1. The normalized spacial score (nSPS) is 11.3. The summed E-state index contributed by atoms with van der Waals surface area (Å²) in [6.45, 7) is 4.23. The fraction of sp³-hybridized carbons (Fsp3) is 0.462. The first-order chi connectivity index (χ1) is 7.90. The average molecular weight is 236 g/mol. The lowest BCUT2D eigenvalue weighted by atomic mass is 10.0. The van der Waals surface area contributed by atoms with Gasteiger partial charge in [0.25, 0.3) is 0 Å². The van der Waals surface area contributed by atoms with Crippen LogP contribution >= 0.6 is 0 Å². The molecule has 0 aromatic heterocycles. The highest BCUT2D eigenvalue weighted by atomic mass is 16.5. The molecule has 1 rings (SSSR count). The molecule has 0 aliphatic heterocycles. The number of nitrogens with two attached hydrogens (primary N) is 1. The zero-order valence-electron chi connectivity index (χ0n) is 10.6. The van der Waals surface area contributed by atoms with Gasteiger partial charge >= 0.3 is 0 Å². The van der Waals surface area contributed by atoms with Gasteiger partial charge in [-0.05, 0) is 31.5 Å². The molecule has 0 heterocycles. The van der Waals surface area contributed by atoms with E-state index in [1.54, 1.807) is 7.11 Å². The molecule has 0 aliphatic rings. The fourth-order valence-corrected chi connectivity index (χ4v) is 1.47. The van der Waals surface area contributed by atoms with E-state index in [9.17, 15) is 4.79 Å². The van der Waals surface area contributed by atoms with Crippen LogP contribution in [0.3, 0.4) is 0 Å². The molecule has 4 heteroatoms. The molecule has 1 aromatic carbocycles. The van der Waals surface area contributed by atoms with Crippen LogP contribution in [0.25, 0.3) is 0 Å². The Morgan fingerprint density at radius 1 is 1.35 bits per heavy atom. The summed E-state index contributed by atoms with van der Waals surface area (Å²) in [6, 6.07) is 7.56. The molecule has 3 N–H and O–H groups in total. The molecule has 0 aliphatic carbocycles. The second-order valence-electron chi connectivity index (χ2n) is 4.84. The second kappa shape index (κ2) is 5.80. The summed E-state index contributed by atoms with van der Waals surface area (Å²) in [5.74, 6) is -0.0722. The van der Waals surface area contributed by atoms with Crippen LogP contribution in [0, 0.1) is 0 Å². The van der Waals surface area contributed by atoms with Crippen LogP contribution in [-0.2, 0) is 16.1 Å². The van der Waals surface area contributed by atoms with Crippen LogP contribution in [0.15, 0.2) is 24.3 Å². The summed E-state index contributed by atoms with van der Waals surface area (Å²) in [6.07, 6.45) is 0.298. The maximum Gasteiger partial charge on any atom is 0.226 e. The van der Waals surface area contributed by atoms with Gasteiger partial charge in [0, 0.05) is 24.8 Å². The van der Waals surface area contributed by atoms with Crippen molar-refractivity contribution in [2.75, 3.05) is 12.4 Å². The van der Waals surface area contributed by atoms with Gasteiger partial charge in [-0.25, -0.2) is 0 Å². The smallest absolute Gasteiger partial charge is 0.226 e. The molecule has 0 bridgehead atoms. The number of amides is 1. The first-order valence-electron chi connectivity index (χ1n) is 5.57. The summed E-state index contributed by atoms with van der Waals surface area (Å²) in [5, 5.41) is 2.81. The molecule has 94 valence electrons. The maximum absolute atomic E-state index is 11.6. The number of hydrogen-bond donors (Lipinski definition) is 2.